The summed E-state index contributed by atoms with van der Waals surface area (Å²) < 4.78 is 25.0. The average molecular weight is 386 g/mol. The first-order chi connectivity index (χ1) is 12.5. The normalized spacial score (nSPS) is 12.4. The number of carbonyl (C=O) groups excluding carboxylic acids is 1. The number of hydrogen-bond acceptors (Lipinski definition) is 5. The molecule has 3 aromatic rings. The van der Waals surface area contributed by atoms with Gasteiger partial charge in [-0.05, 0) is 11.6 Å². The lowest BCUT2D eigenvalue weighted by Gasteiger charge is -2.15. The maximum absolute atomic E-state index is 12.7. The predicted molar refractivity (Wildman–Crippen MR) is 105 cm³/mol. The van der Waals surface area contributed by atoms with Crippen LogP contribution in [0.4, 0.5) is 0 Å². The van der Waals surface area contributed by atoms with Crippen molar-refractivity contribution >= 4 is 27.0 Å². The second-order valence-electron chi connectivity index (χ2n) is 7.53. The summed E-state index contributed by atoms with van der Waals surface area (Å²) >= 11 is 0. The van der Waals surface area contributed by atoms with Crippen molar-refractivity contribution in [1.82, 2.24) is 19.7 Å². The van der Waals surface area contributed by atoms with Gasteiger partial charge in [-0.2, -0.15) is 0 Å². The predicted octanol–water partition coefficient (Wildman–Crippen LogP) is 2.90. The monoisotopic (exact) mass is 386 g/mol. The highest BCUT2D eigenvalue weighted by molar-refractivity contribution is 7.88. The fourth-order valence-electron chi connectivity index (χ4n) is 2.66. The second kappa shape index (κ2) is 6.86. The molecule has 142 valence electrons. The molecule has 27 heavy (non-hydrogen) atoms. The van der Waals surface area contributed by atoms with Crippen LogP contribution in [0.25, 0.3) is 22.4 Å². The quantitative estimate of drug-likeness (QED) is 0.656. The summed E-state index contributed by atoms with van der Waals surface area (Å²) in [6.07, 6.45) is 4.40. The molecule has 0 fully saturated rings. The van der Waals surface area contributed by atoms with Crippen LogP contribution in [0.15, 0.2) is 36.7 Å². The number of benzene rings is 1. The fourth-order valence-corrected chi connectivity index (χ4v) is 3.09. The first kappa shape index (κ1) is 19.2. The molecule has 8 heteroatoms. The van der Waals surface area contributed by atoms with Crippen molar-refractivity contribution in [3.63, 3.8) is 0 Å². The van der Waals surface area contributed by atoms with Gasteiger partial charge in [-0.3, -0.25) is 4.79 Å². The van der Waals surface area contributed by atoms with E-state index in [2.05, 4.69) is 19.7 Å². The van der Waals surface area contributed by atoms with E-state index in [9.17, 15) is 13.2 Å². The minimum absolute atomic E-state index is 0.00805. The molecule has 1 aromatic carbocycles. The summed E-state index contributed by atoms with van der Waals surface area (Å²) in [7, 11) is -3.27. The van der Waals surface area contributed by atoms with Crippen LogP contribution in [0.5, 0.6) is 0 Å². The summed E-state index contributed by atoms with van der Waals surface area (Å²) in [5.41, 5.74) is 3.30. The van der Waals surface area contributed by atoms with Crippen molar-refractivity contribution in [2.45, 2.75) is 27.3 Å². The summed E-state index contributed by atoms with van der Waals surface area (Å²) in [5.74, 6) is -0.00805. The van der Waals surface area contributed by atoms with Crippen LogP contribution in [-0.2, 0) is 16.6 Å². The van der Waals surface area contributed by atoms with Crippen LogP contribution in [0, 0.1) is 5.41 Å². The Balaban J connectivity index is 1.99. The summed E-state index contributed by atoms with van der Waals surface area (Å²) in [6.45, 7) is 5.79. The lowest BCUT2D eigenvalue weighted by atomic mass is 9.87. The van der Waals surface area contributed by atoms with Crippen molar-refractivity contribution in [3.8, 4) is 11.3 Å². The fraction of sp³-hybridized carbons (Fsp3) is 0.316. The van der Waals surface area contributed by atoms with Crippen molar-refractivity contribution in [3.05, 3.63) is 47.8 Å². The van der Waals surface area contributed by atoms with E-state index in [0.29, 0.717) is 22.4 Å². The highest BCUT2D eigenvalue weighted by Gasteiger charge is 2.26. The van der Waals surface area contributed by atoms with E-state index in [0.717, 1.165) is 17.4 Å². The molecular weight excluding hydrogens is 364 g/mol. The molecule has 0 spiro atoms. The lowest BCUT2D eigenvalue weighted by Crippen LogP contribution is -2.21. The van der Waals surface area contributed by atoms with Gasteiger partial charge in [0.1, 0.15) is 5.52 Å². The van der Waals surface area contributed by atoms with E-state index >= 15 is 0 Å². The maximum Gasteiger partial charge on any atom is 0.209 e. The smallest absolute Gasteiger partial charge is 0.209 e. The molecule has 2 N–H and O–H groups in total. The number of fused-ring (bicyclic) bond motifs is 1. The molecule has 0 saturated carbocycles. The van der Waals surface area contributed by atoms with Crippen molar-refractivity contribution in [2.75, 3.05) is 6.26 Å². The molecular formula is C19H22N4O3S. The van der Waals surface area contributed by atoms with Crippen molar-refractivity contribution in [2.24, 2.45) is 5.41 Å². The third kappa shape index (κ3) is 4.40. The Morgan fingerprint density at radius 2 is 2.00 bits per heavy atom. The highest BCUT2D eigenvalue weighted by atomic mass is 32.2. The van der Waals surface area contributed by atoms with E-state index in [1.807, 2.05) is 45.0 Å². The first-order valence-corrected chi connectivity index (χ1v) is 10.4. The number of rotatable bonds is 5. The minimum Gasteiger partial charge on any atom is -0.344 e. The molecule has 2 aromatic heterocycles. The largest absolute Gasteiger partial charge is 0.344 e. The minimum atomic E-state index is -3.27. The Labute approximate surface area is 158 Å². The molecule has 0 aliphatic carbocycles. The summed E-state index contributed by atoms with van der Waals surface area (Å²) in [4.78, 5) is 24.7. The Hall–Kier alpha value is -2.58. The third-order valence-corrected chi connectivity index (χ3v) is 4.74. The van der Waals surface area contributed by atoms with Gasteiger partial charge in [0.15, 0.2) is 11.4 Å². The molecule has 7 nitrogen and oxygen atoms in total. The number of aromatic amines is 1. The molecule has 0 bridgehead atoms. The molecule has 0 saturated heterocycles. The Bertz CT molecular complexity index is 1110. The Kier molecular flexibility index (Phi) is 4.88. The number of sulfonamides is 1. The Morgan fingerprint density at radius 3 is 2.67 bits per heavy atom. The zero-order valence-electron chi connectivity index (χ0n) is 15.7. The third-order valence-electron chi connectivity index (χ3n) is 4.07. The standard InChI is InChI=1S/C19H22N4O3S/c1-19(2,3)17(24)14-10-20-18-16(14)23-15(11-21-18)13-7-5-6-12(8-13)9-22-27(4,25)26/h5-8,10-11,22H,9H2,1-4H3,(H,20,21). The first-order valence-electron chi connectivity index (χ1n) is 8.47. The molecule has 0 atom stereocenters. The van der Waals surface area contributed by atoms with Crippen LogP contribution in [-0.4, -0.2) is 35.4 Å². The lowest BCUT2D eigenvalue weighted by molar-refractivity contribution is 0.0860. The maximum atomic E-state index is 12.7. The number of Topliss-reactive ketones (excluding diaryl/α,β-unsaturated/α-hetero) is 1. The molecule has 0 aliphatic heterocycles. The number of H-pyrrole nitrogens is 1. The van der Waals surface area contributed by atoms with Gasteiger partial charge in [0.05, 0.1) is 23.7 Å². The SMILES string of the molecule is CC(C)(C)C(=O)c1c[nH]c2ncc(-c3cccc(CNS(C)(=O)=O)c3)nc12. The molecule has 0 amide bonds. The van der Waals surface area contributed by atoms with Gasteiger partial charge in [0, 0.05) is 23.7 Å². The number of nitrogens with one attached hydrogen (secondary N) is 2. The number of nitrogens with zero attached hydrogens (tertiary/aromatic N) is 2. The van der Waals surface area contributed by atoms with Gasteiger partial charge < -0.3 is 4.98 Å². The van der Waals surface area contributed by atoms with Gasteiger partial charge in [-0.15, -0.1) is 0 Å². The van der Waals surface area contributed by atoms with Crippen LogP contribution in [0.1, 0.15) is 36.7 Å². The number of carbonyl (C=O) groups is 1. The van der Waals surface area contributed by atoms with Crippen LogP contribution in [0.2, 0.25) is 0 Å². The number of aromatic nitrogens is 3. The van der Waals surface area contributed by atoms with Crippen molar-refractivity contribution in [1.29, 1.82) is 0 Å². The highest BCUT2D eigenvalue weighted by Crippen LogP contribution is 2.27. The number of ketones is 1. The molecule has 0 unspecified atom stereocenters. The van der Waals surface area contributed by atoms with Gasteiger partial charge in [0.25, 0.3) is 0 Å². The van der Waals surface area contributed by atoms with E-state index in [4.69, 9.17) is 0 Å². The molecule has 0 aliphatic rings. The van der Waals surface area contributed by atoms with Gasteiger partial charge in [-0.1, -0.05) is 39.0 Å². The van der Waals surface area contributed by atoms with Gasteiger partial charge in [-0.25, -0.2) is 23.1 Å². The van der Waals surface area contributed by atoms with E-state index < -0.39 is 15.4 Å². The van der Waals surface area contributed by atoms with Crippen LogP contribution >= 0.6 is 0 Å². The molecule has 0 radical (unpaired) electrons. The van der Waals surface area contributed by atoms with Crippen LogP contribution in [0.3, 0.4) is 0 Å². The Morgan fingerprint density at radius 1 is 1.26 bits per heavy atom. The van der Waals surface area contributed by atoms with Crippen molar-refractivity contribution < 1.29 is 13.2 Å². The topological polar surface area (TPSA) is 105 Å². The summed E-state index contributed by atoms with van der Waals surface area (Å²) in [6, 6.07) is 7.39. The molecule has 2 heterocycles. The van der Waals surface area contributed by atoms with Gasteiger partial charge >= 0.3 is 0 Å². The van der Waals surface area contributed by atoms with E-state index in [1.165, 1.54) is 0 Å². The van der Waals surface area contributed by atoms with E-state index in [-0.39, 0.29) is 12.3 Å². The average Bonchev–Trinajstić information content (AvgIpc) is 3.01. The van der Waals surface area contributed by atoms with Gasteiger partial charge in [0.2, 0.25) is 10.0 Å². The second-order valence-corrected chi connectivity index (χ2v) is 9.36. The van der Waals surface area contributed by atoms with E-state index in [1.54, 1.807) is 12.4 Å². The summed E-state index contributed by atoms with van der Waals surface area (Å²) in [5, 5.41) is 0. The zero-order valence-corrected chi connectivity index (χ0v) is 16.5. The zero-order chi connectivity index (χ0) is 19.8. The molecule has 3 rings (SSSR count). The van der Waals surface area contributed by atoms with Crippen LogP contribution < -0.4 is 4.72 Å². The number of hydrogen-bond donors (Lipinski definition) is 2.